The summed E-state index contributed by atoms with van der Waals surface area (Å²) in [6.45, 7) is 11.8. The summed E-state index contributed by atoms with van der Waals surface area (Å²) in [5, 5.41) is 4.17. The van der Waals surface area contributed by atoms with E-state index in [-0.39, 0.29) is 5.54 Å². The monoisotopic (exact) mass is 293 g/mol. The smallest absolute Gasteiger partial charge is 0.147 e. The van der Waals surface area contributed by atoms with Gasteiger partial charge in [-0.1, -0.05) is 17.7 Å². The predicted octanol–water partition coefficient (Wildman–Crippen LogP) is 3.78. The van der Waals surface area contributed by atoms with Crippen molar-refractivity contribution in [2.24, 2.45) is 0 Å². The zero-order valence-electron chi connectivity index (χ0n) is 12.6. The standard InChI is InChI=1S/C16H24ClN3/c1-5-8-20(13-6-7-13)15-14(17)9-12(10-18-15)11-19-16(2,3)4/h5,9-10,13,19H,1,6-8,11H2,2-4H3. The molecule has 1 N–H and O–H groups in total. The maximum Gasteiger partial charge on any atom is 0.147 e. The minimum atomic E-state index is 0.0913. The van der Waals surface area contributed by atoms with Crippen LogP contribution < -0.4 is 10.2 Å². The summed E-state index contributed by atoms with van der Waals surface area (Å²) < 4.78 is 0. The van der Waals surface area contributed by atoms with Crippen LogP contribution >= 0.6 is 11.6 Å². The van der Waals surface area contributed by atoms with Gasteiger partial charge in [-0.15, -0.1) is 6.58 Å². The molecule has 0 atom stereocenters. The largest absolute Gasteiger partial charge is 0.349 e. The molecule has 0 amide bonds. The van der Waals surface area contributed by atoms with Crippen molar-refractivity contribution in [1.82, 2.24) is 10.3 Å². The Morgan fingerprint density at radius 1 is 1.50 bits per heavy atom. The molecule has 1 aromatic rings. The number of rotatable bonds is 6. The van der Waals surface area contributed by atoms with Gasteiger partial charge in [0, 0.05) is 30.9 Å². The number of anilines is 1. The molecule has 110 valence electrons. The van der Waals surface area contributed by atoms with Crippen molar-refractivity contribution in [1.29, 1.82) is 0 Å². The Hall–Kier alpha value is -1.06. The fourth-order valence-electron chi connectivity index (χ4n) is 2.08. The molecule has 1 aromatic heterocycles. The lowest BCUT2D eigenvalue weighted by Crippen LogP contribution is -2.35. The summed E-state index contributed by atoms with van der Waals surface area (Å²) in [4.78, 5) is 6.81. The SMILES string of the molecule is C=CCN(c1ncc(CNC(C)(C)C)cc1Cl)C1CC1. The maximum atomic E-state index is 6.42. The Bertz CT molecular complexity index is 475. The zero-order chi connectivity index (χ0) is 14.8. The predicted molar refractivity (Wildman–Crippen MR) is 86.4 cm³/mol. The number of pyridine rings is 1. The van der Waals surface area contributed by atoms with E-state index in [1.54, 1.807) is 0 Å². The minimum absolute atomic E-state index is 0.0913. The molecule has 1 fully saturated rings. The molecule has 0 saturated heterocycles. The van der Waals surface area contributed by atoms with Crippen LogP contribution in [0.3, 0.4) is 0 Å². The van der Waals surface area contributed by atoms with E-state index in [2.05, 4.69) is 42.6 Å². The highest BCUT2D eigenvalue weighted by molar-refractivity contribution is 6.33. The third-order valence-electron chi connectivity index (χ3n) is 3.29. The average Bonchev–Trinajstić information content (AvgIpc) is 3.18. The number of halogens is 1. The van der Waals surface area contributed by atoms with Crippen molar-refractivity contribution in [3.05, 3.63) is 35.5 Å². The summed E-state index contributed by atoms with van der Waals surface area (Å²) >= 11 is 6.42. The van der Waals surface area contributed by atoms with Crippen molar-refractivity contribution in [2.75, 3.05) is 11.4 Å². The fourth-order valence-corrected chi connectivity index (χ4v) is 2.38. The van der Waals surface area contributed by atoms with Gasteiger partial charge in [-0.25, -0.2) is 4.98 Å². The van der Waals surface area contributed by atoms with Crippen LogP contribution in [0.5, 0.6) is 0 Å². The first-order chi connectivity index (χ1) is 9.40. The topological polar surface area (TPSA) is 28.2 Å². The highest BCUT2D eigenvalue weighted by Crippen LogP contribution is 2.34. The van der Waals surface area contributed by atoms with Crippen molar-refractivity contribution < 1.29 is 0 Å². The molecule has 0 unspecified atom stereocenters. The van der Waals surface area contributed by atoms with Gasteiger partial charge < -0.3 is 10.2 Å². The van der Waals surface area contributed by atoms with E-state index in [1.165, 1.54) is 12.8 Å². The van der Waals surface area contributed by atoms with Gasteiger partial charge in [-0.3, -0.25) is 0 Å². The summed E-state index contributed by atoms with van der Waals surface area (Å²) in [5.41, 5.74) is 1.21. The molecule has 0 radical (unpaired) electrons. The number of hydrogen-bond acceptors (Lipinski definition) is 3. The lowest BCUT2D eigenvalue weighted by Gasteiger charge is -2.24. The first kappa shape index (κ1) is 15.3. The van der Waals surface area contributed by atoms with Crippen LogP contribution in [-0.2, 0) is 6.54 Å². The van der Waals surface area contributed by atoms with E-state index in [0.29, 0.717) is 6.04 Å². The molecule has 4 heteroatoms. The van der Waals surface area contributed by atoms with E-state index in [0.717, 1.165) is 29.5 Å². The number of nitrogens with one attached hydrogen (secondary N) is 1. The zero-order valence-corrected chi connectivity index (χ0v) is 13.4. The molecule has 0 spiro atoms. The lowest BCUT2D eigenvalue weighted by molar-refractivity contribution is 0.424. The molecule has 1 aliphatic carbocycles. The van der Waals surface area contributed by atoms with Gasteiger partial charge >= 0.3 is 0 Å². The molecule has 2 rings (SSSR count). The van der Waals surface area contributed by atoms with Gasteiger partial charge in [0.25, 0.3) is 0 Å². The highest BCUT2D eigenvalue weighted by Gasteiger charge is 2.30. The Kier molecular flexibility index (Phi) is 4.71. The van der Waals surface area contributed by atoms with Gasteiger partial charge in [0.1, 0.15) is 5.82 Å². The van der Waals surface area contributed by atoms with Crippen LogP contribution in [0, 0.1) is 0 Å². The Morgan fingerprint density at radius 3 is 2.70 bits per heavy atom. The van der Waals surface area contributed by atoms with E-state index < -0.39 is 0 Å². The maximum absolute atomic E-state index is 6.42. The van der Waals surface area contributed by atoms with Crippen LogP contribution in [0.15, 0.2) is 24.9 Å². The summed E-state index contributed by atoms with van der Waals surface area (Å²) in [7, 11) is 0. The summed E-state index contributed by atoms with van der Waals surface area (Å²) in [6.07, 6.45) is 6.27. The van der Waals surface area contributed by atoms with Gasteiger partial charge in [-0.2, -0.15) is 0 Å². The van der Waals surface area contributed by atoms with E-state index in [1.807, 2.05) is 18.3 Å². The van der Waals surface area contributed by atoms with Crippen molar-refractivity contribution >= 4 is 17.4 Å². The molecule has 0 aromatic carbocycles. The first-order valence-electron chi connectivity index (χ1n) is 7.17. The summed E-state index contributed by atoms with van der Waals surface area (Å²) in [5.74, 6) is 0.883. The molecular weight excluding hydrogens is 270 g/mol. The van der Waals surface area contributed by atoms with Crippen LogP contribution in [-0.4, -0.2) is 23.1 Å². The normalized spacial score (nSPS) is 15.2. The van der Waals surface area contributed by atoms with Crippen molar-refractivity contribution in [2.45, 2.75) is 51.7 Å². The highest BCUT2D eigenvalue weighted by atomic mass is 35.5. The Balaban J connectivity index is 2.10. The third-order valence-corrected chi connectivity index (χ3v) is 3.56. The third kappa shape index (κ3) is 4.22. The number of nitrogens with zero attached hydrogens (tertiary/aromatic N) is 2. The quantitative estimate of drug-likeness (QED) is 0.809. The van der Waals surface area contributed by atoms with Gasteiger partial charge in [0.15, 0.2) is 0 Å². The molecule has 0 bridgehead atoms. The van der Waals surface area contributed by atoms with Crippen LogP contribution in [0.25, 0.3) is 0 Å². The van der Waals surface area contributed by atoms with Gasteiger partial charge in [0.2, 0.25) is 0 Å². The molecular formula is C16H24ClN3. The molecule has 1 saturated carbocycles. The number of aromatic nitrogens is 1. The second-order valence-corrected chi connectivity index (χ2v) is 6.83. The van der Waals surface area contributed by atoms with Crippen LogP contribution in [0.2, 0.25) is 5.02 Å². The molecule has 20 heavy (non-hydrogen) atoms. The van der Waals surface area contributed by atoms with E-state index in [9.17, 15) is 0 Å². The van der Waals surface area contributed by atoms with Crippen molar-refractivity contribution in [3.63, 3.8) is 0 Å². The first-order valence-corrected chi connectivity index (χ1v) is 7.55. The second kappa shape index (κ2) is 6.15. The molecule has 1 aliphatic rings. The molecule has 3 nitrogen and oxygen atoms in total. The Labute approximate surface area is 127 Å². The fraction of sp³-hybridized carbons (Fsp3) is 0.562. The van der Waals surface area contributed by atoms with E-state index in [4.69, 9.17) is 11.6 Å². The van der Waals surface area contributed by atoms with E-state index >= 15 is 0 Å². The lowest BCUT2D eigenvalue weighted by atomic mass is 10.1. The van der Waals surface area contributed by atoms with Crippen molar-refractivity contribution in [3.8, 4) is 0 Å². The van der Waals surface area contributed by atoms with Crippen LogP contribution in [0.4, 0.5) is 5.82 Å². The average molecular weight is 294 g/mol. The Morgan fingerprint density at radius 2 is 2.20 bits per heavy atom. The number of hydrogen-bond donors (Lipinski definition) is 1. The van der Waals surface area contributed by atoms with Gasteiger partial charge in [0.05, 0.1) is 5.02 Å². The molecule has 0 aliphatic heterocycles. The summed E-state index contributed by atoms with van der Waals surface area (Å²) in [6, 6.07) is 2.60. The van der Waals surface area contributed by atoms with Crippen LogP contribution in [0.1, 0.15) is 39.2 Å². The molecule has 1 heterocycles. The second-order valence-electron chi connectivity index (χ2n) is 6.42. The minimum Gasteiger partial charge on any atom is -0.349 e. The van der Waals surface area contributed by atoms with Gasteiger partial charge in [-0.05, 0) is 45.2 Å².